The van der Waals surface area contributed by atoms with E-state index in [1.165, 1.54) is 24.1 Å². The van der Waals surface area contributed by atoms with Crippen LogP contribution < -0.4 is 5.32 Å². The Morgan fingerprint density at radius 1 is 0.964 bits per heavy atom. The highest BCUT2D eigenvalue weighted by Gasteiger charge is 2.19. The van der Waals surface area contributed by atoms with Crippen LogP contribution in [0.3, 0.4) is 0 Å². The second kappa shape index (κ2) is 9.01. The zero-order chi connectivity index (χ0) is 20.9. The third-order valence-corrected chi connectivity index (χ3v) is 6.25. The zero-order valence-corrected chi connectivity index (χ0v) is 17.5. The van der Waals surface area contributed by atoms with Gasteiger partial charge < -0.3 is 10.2 Å². The van der Waals surface area contributed by atoms with Crippen LogP contribution >= 0.6 is 0 Å². The largest absolute Gasteiger partial charge is 0.336 e. The van der Waals surface area contributed by atoms with E-state index in [1.54, 1.807) is 12.1 Å². The number of hydrogen-bond donors (Lipinski definition) is 1. The first kappa shape index (κ1) is 21.6. The lowest BCUT2D eigenvalue weighted by Crippen LogP contribution is -2.35. The fourth-order valence-electron chi connectivity index (χ4n) is 2.77. The normalized spacial score (nSPS) is 11.1. The van der Waals surface area contributed by atoms with Crippen molar-refractivity contribution in [3.63, 3.8) is 0 Å². The molecule has 150 valence electrons. The van der Waals surface area contributed by atoms with Crippen molar-refractivity contribution in [3.05, 3.63) is 59.2 Å². The maximum absolute atomic E-state index is 12.4. The van der Waals surface area contributed by atoms with Crippen LogP contribution in [0.1, 0.15) is 23.1 Å². The topological polar surface area (TPSA) is 83.6 Å². The van der Waals surface area contributed by atoms with Crippen molar-refractivity contribution in [1.82, 2.24) is 4.90 Å². The van der Waals surface area contributed by atoms with Gasteiger partial charge in [-0.05, 0) is 44.0 Å². The Balaban J connectivity index is 1.92. The van der Waals surface area contributed by atoms with Gasteiger partial charge in [-0.1, -0.05) is 35.9 Å². The molecule has 2 rings (SSSR count). The van der Waals surface area contributed by atoms with Crippen molar-refractivity contribution in [1.29, 1.82) is 0 Å². The van der Waals surface area contributed by atoms with Crippen LogP contribution in [0.2, 0.25) is 0 Å². The average molecular weight is 403 g/mol. The molecule has 0 atom stereocenters. The minimum absolute atomic E-state index is 0.142. The summed E-state index contributed by atoms with van der Waals surface area (Å²) in [4.78, 5) is 26.0. The molecule has 0 aromatic heterocycles. The van der Waals surface area contributed by atoms with E-state index in [-0.39, 0.29) is 29.5 Å². The highest BCUT2D eigenvalue weighted by atomic mass is 32.2. The van der Waals surface area contributed by atoms with Gasteiger partial charge in [-0.15, -0.1) is 0 Å². The number of rotatable bonds is 7. The summed E-state index contributed by atoms with van der Waals surface area (Å²) in [5, 5.41) is 2.82. The molecule has 7 heteroatoms. The van der Waals surface area contributed by atoms with Crippen LogP contribution in [0.4, 0.5) is 5.69 Å². The molecule has 2 aromatic rings. The van der Waals surface area contributed by atoms with E-state index in [9.17, 15) is 18.0 Å². The molecule has 0 bridgehead atoms. The van der Waals surface area contributed by atoms with Gasteiger partial charge in [-0.2, -0.15) is 0 Å². The summed E-state index contributed by atoms with van der Waals surface area (Å²) in [6, 6.07) is 12.2. The van der Waals surface area contributed by atoms with Crippen LogP contribution in [-0.4, -0.2) is 44.5 Å². The minimum atomic E-state index is -3.54. The molecule has 28 heavy (non-hydrogen) atoms. The van der Waals surface area contributed by atoms with Gasteiger partial charge in [0.25, 0.3) is 0 Å². The van der Waals surface area contributed by atoms with E-state index in [4.69, 9.17) is 0 Å². The molecule has 0 fully saturated rings. The Labute approximate surface area is 166 Å². The van der Waals surface area contributed by atoms with Crippen molar-refractivity contribution >= 4 is 27.3 Å². The molecule has 0 unspecified atom stereocenters. The van der Waals surface area contributed by atoms with E-state index >= 15 is 0 Å². The van der Waals surface area contributed by atoms with Gasteiger partial charge in [-0.25, -0.2) is 8.42 Å². The first-order valence-electron chi connectivity index (χ1n) is 8.99. The fourth-order valence-corrected chi connectivity index (χ4v) is 4.00. The summed E-state index contributed by atoms with van der Waals surface area (Å²) in [5.74, 6) is -1.01. The Bertz CT molecular complexity index is 946. The maximum Gasteiger partial charge on any atom is 0.243 e. The van der Waals surface area contributed by atoms with E-state index in [1.807, 2.05) is 39.0 Å². The summed E-state index contributed by atoms with van der Waals surface area (Å²) in [6.07, 6.45) is -0.177. The van der Waals surface area contributed by atoms with Crippen LogP contribution in [0.25, 0.3) is 0 Å². The number of nitrogens with one attached hydrogen (secondary N) is 1. The second-order valence-electron chi connectivity index (χ2n) is 6.95. The van der Waals surface area contributed by atoms with Gasteiger partial charge >= 0.3 is 0 Å². The number of likely N-dealkylation sites (N-methyl/N-ethyl adjacent to an activating group) is 1. The monoisotopic (exact) mass is 402 g/mol. The van der Waals surface area contributed by atoms with Gasteiger partial charge in [0.2, 0.25) is 11.8 Å². The van der Waals surface area contributed by atoms with E-state index < -0.39 is 15.7 Å². The lowest BCUT2D eigenvalue weighted by molar-refractivity contribution is -0.132. The molecule has 0 heterocycles. The Kier molecular flexibility index (Phi) is 6.96. The van der Waals surface area contributed by atoms with Crippen LogP contribution in [0.15, 0.2) is 47.4 Å². The molecule has 0 aliphatic carbocycles. The number of para-hydroxylation sites is 1. The maximum atomic E-state index is 12.4. The number of aryl methyl sites for hydroxylation is 3. The third-order valence-electron chi connectivity index (χ3n) is 4.52. The molecule has 2 amide bonds. The lowest BCUT2D eigenvalue weighted by Gasteiger charge is -2.18. The summed E-state index contributed by atoms with van der Waals surface area (Å²) >= 11 is 0. The average Bonchev–Trinajstić information content (AvgIpc) is 2.63. The lowest BCUT2D eigenvalue weighted by atomic mass is 10.1. The highest BCUT2D eigenvalue weighted by molar-refractivity contribution is 7.91. The van der Waals surface area contributed by atoms with E-state index in [0.29, 0.717) is 0 Å². The summed E-state index contributed by atoms with van der Waals surface area (Å²) in [6.45, 7) is 5.52. The van der Waals surface area contributed by atoms with Crippen LogP contribution in [0.5, 0.6) is 0 Å². The Morgan fingerprint density at radius 2 is 1.54 bits per heavy atom. The fraction of sp³-hybridized carbons (Fsp3) is 0.333. The Morgan fingerprint density at radius 3 is 2.11 bits per heavy atom. The van der Waals surface area contributed by atoms with Crippen molar-refractivity contribution in [2.75, 3.05) is 24.7 Å². The molecule has 0 aliphatic heterocycles. The number of sulfone groups is 1. The van der Waals surface area contributed by atoms with Crippen LogP contribution in [-0.2, 0) is 19.4 Å². The second-order valence-corrected chi connectivity index (χ2v) is 9.06. The molecule has 6 nitrogen and oxygen atoms in total. The zero-order valence-electron chi connectivity index (χ0n) is 16.7. The summed E-state index contributed by atoms with van der Waals surface area (Å²) in [7, 11) is -2.05. The summed E-state index contributed by atoms with van der Waals surface area (Å²) < 4.78 is 24.7. The predicted octanol–water partition coefficient (Wildman–Crippen LogP) is 2.87. The number of nitrogens with zero attached hydrogens (tertiary/aromatic N) is 1. The molecular formula is C21H26N2O4S. The first-order chi connectivity index (χ1) is 13.1. The van der Waals surface area contributed by atoms with Crippen LogP contribution in [0, 0.1) is 20.8 Å². The van der Waals surface area contributed by atoms with Gasteiger partial charge in [0.15, 0.2) is 9.84 Å². The molecule has 1 N–H and O–H groups in total. The minimum Gasteiger partial charge on any atom is -0.336 e. The molecule has 0 radical (unpaired) electrons. The van der Waals surface area contributed by atoms with Gasteiger partial charge in [0, 0.05) is 19.2 Å². The molecule has 0 spiro atoms. The number of carbonyl (C=O) groups excluding carboxylic acids is 2. The molecule has 2 aromatic carbocycles. The number of amides is 2. The highest BCUT2D eigenvalue weighted by Crippen LogP contribution is 2.19. The number of hydrogen-bond acceptors (Lipinski definition) is 4. The third kappa shape index (κ3) is 5.66. The number of benzene rings is 2. The van der Waals surface area contributed by atoms with Crippen molar-refractivity contribution in [2.45, 2.75) is 32.1 Å². The molecule has 0 aliphatic rings. The van der Waals surface area contributed by atoms with Crippen molar-refractivity contribution in [2.24, 2.45) is 0 Å². The molecule has 0 saturated carbocycles. The van der Waals surface area contributed by atoms with E-state index in [2.05, 4.69) is 5.32 Å². The van der Waals surface area contributed by atoms with Crippen molar-refractivity contribution in [3.8, 4) is 0 Å². The Hall–Kier alpha value is -2.67. The SMILES string of the molecule is Cc1ccc(S(=O)(=O)CCC(=O)N(C)CC(=O)Nc2c(C)cccc2C)cc1. The van der Waals surface area contributed by atoms with E-state index in [0.717, 1.165) is 22.4 Å². The number of carbonyl (C=O) groups is 2. The summed E-state index contributed by atoms with van der Waals surface area (Å²) in [5.41, 5.74) is 3.57. The first-order valence-corrected chi connectivity index (χ1v) is 10.6. The number of anilines is 1. The smallest absolute Gasteiger partial charge is 0.243 e. The molecular weight excluding hydrogens is 376 g/mol. The quantitative estimate of drug-likeness (QED) is 0.772. The predicted molar refractivity (Wildman–Crippen MR) is 110 cm³/mol. The van der Waals surface area contributed by atoms with Gasteiger partial charge in [0.05, 0.1) is 17.2 Å². The van der Waals surface area contributed by atoms with Crippen molar-refractivity contribution < 1.29 is 18.0 Å². The van der Waals surface area contributed by atoms with Gasteiger partial charge in [0.1, 0.15) is 0 Å². The standard InChI is InChI=1S/C21H26N2O4S/c1-15-8-10-18(11-9-15)28(26,27)13-12-20(25)23(4)14-19(24)22-21-16(2)6-5-7-17(21)3/h5-11H,12-14H2,1-4H3,(H,22,24). The van der Waals surface area contributed by atoms with Gasteiger partial charge in [-0.3, -0.25) is 9.59 Å². The molecule has 0 saturated heterocycles.